The van der Waals surface area contributed by atoms with Gasteiger partial charge in [-0.05, 0) is 38.9 Å². The molecule has 0 aromatic carbocycles. The van der Waals surface area contributed by atoms with Crippen LogP contribution in [0, 0.1) is 0 Å². The van der Waals surface area contributed by atoms with Gasteiger partial charge in [-0.3, -0.25) is 0 Å². The Morgan fingerprint density at radius 1 is 0.667 bits per heavy atom. The van der Waals surface area contributed by atoms with Crippen molar-refractivity contribution in [1.82, 2.24) is 0 Å². The molecule has 0 aliphatic carbocycles. The molecule has 0 saturated heterocycles. The van der Waals surface area contributed by atoms with Gasteiger partial charge in [0.2, 0.25) is 0 Å². The smallest absolute Gasteiger partial charge is 0.104 e. The Hall–Kier alpha value is -0.240. The van der Waals surface area contributed by atoms with E-state index in [4.69, 9.17) is 31.4 Å². The summed E-state index contributed by atoms with van der Waals surface area (Å²) in [5.74, 6) is 0. The maximum absolute atomic E-state index is 5.65. The third-order valence-electron chi connectivity index (χ3n) is 2.30. The highest BCUT2D eigenvalue weighted by atomic mass is 16.6. The van der Waals surface area contributed by atoms with E-state index in [0.29, 0.717) is 52.7 Å². The van der Waals surface area contributed by atoms with Crippen LogP contribution in [-0.4, -0.2) is 58.8 Å². The van der Waals surface area contributed by atoms with Crippen LogP contribution in [-0.2, 0) is 14.2 Å². The number of rotatable bonds is 14. The maximum atomic E-state index is 5.65. The van der Waals surface area contributed by atoms with Gasteiger partial charge in [-0.25, -0.2) is 0 Å². The number of ether oxygens (including phenoxy) is 3. The van der Waals surface area contributed by atoms with E-state index in [9.17, 15) is 0 Å². The quantitative estimate of drug-likeness (QED) is 0.363. The van der Waals surface area contributed by atoms with Crippen LogP contribution in [0.3, 0.4) is 0 Å². The van der Waals surface area contributed by atoms with Gasteiger partial charge < -0.3 is 31.4 Å². The largest absolute Gasteiger partial charge is 0.379 e. The molecule has 0 bridgehead atoms. The first-order chi connectivity index (χ1) is 8.85. The first-order valence-electron chi connectivity index (χ1n) is 6.72. The molecule has 18 heavy (non-hydrogen) atoms. The molecule has 6 heteroatoms. The molecule has 0 atom stereocenters. The molecular formula is C12H29N3O3. The summed E-state index contributed by atoms with van der Waals surface area (Å²) in [5, 5.41) is 0. The highest BCUT2D eigenvalue weighted by molar-refractivity contribution is 4.56. The van der Waals surface area contributed by atoms with E-state index in [2.05, 4.69) is 0 Å². The Kier molecular flexibility index (Phi) is 14.6. The van der Waals surface area contributed by atoms with Crippen LogP contribution in [0.4, 0.5) is 0 Å². The Morgan fingerprint density at radius 3 is 1.56 bits per heavy atom. The van der Waals surface area contributed by atoms with Crippen molar-refractivity contribution in [2.24, 2.45) is 17.2 Å². The minimum Gasteiger partial charge on any atom is -0.379 e. The van der Waals surface area contributed by atoms with E-state index in [0.717, 1.165) is 19.3 Å². The van der Waals surface area contributed by atoms with E-state index in [1.54, 1.807) is 0 Å². The van der Waals surface area contributed by atoms with Crippen LogP contribution < -0.4 is 17.2 Å². The molecule has 6 nitrogen and oxygen atoms in total. The predicted molar refractivity (Wildman–Crippen MR) is 72.4 cm³/mol. The van der Waals surface area contributed by atoms with Crippen molar-refractivity contribution < 1.29 is 14.2 Å². The lowest BCUT2D eigenvalue weighted by Gasteiger charge is -2.18. The van der Waals surface area contributed by atoms with Gasteiger partial charge in [-0.2, -0.15) is 0 Å². The Labute approximate surface area is 110 Å². The zero-order valence-electron chi connectivity index (χ0n) is 11.3. The monoisotopic (exact) mass is 263 g/mol. The topological polar surface area (TPSA) is 106 Å². The minimum atomic E-state index is -0.0351. The van der Waals surface area contributed by atoms with E-state index in [1.807, 2.05) is 0 Å². The van der Waals surface area contributed by atoms with Crippen molar-refractivity contribution in [3.05, 3.63) is 0 Å². The Morgan fingerprint density at radius 2 is 1.11 bits per heavy atom. The van der Waals surface area contributed by atoms with Gasteiger partial charge in [0.1, 0.15) is 6.10 Å². The summed E-state index contributed by atoms with van der Waals surface area (Å²) in [6, 6.07) is 0. The zero-order chi connectivity index (χ0) is 13.5. The second kappa shape index (κ2) is 14.8. The third-order valence-corrected chi connectivity index (χ3v) is 2.30. The fourth-order valence-corrected chi connectivity index (χ4v) is 1.28. The number of nitrogens with two attached hydrogens (primary N) is 3. The molecule has 0 rings (SSSR count). The molecule has 0 aliphatic heterocycles. The summed E-state index contributed by atoms with van der Waals surface area (Å²) >= 11 is 0. The highest BCUT2D eigenvalue weighted by Gasteiger charge is 2.09. The van der Waals surface area contributed by atoms with Gasteiger partial charge in [0.05, 0.1) is 13.2 Å². The van der Waals surface area contributed by atoms with E-state index < -0.39 is 0 Å². The normalized spacial score (nSPS) is 11.3. The second-order valence-corrected chi connectivity index (χ2v) is 4.07. The van der Waals surface area contributed by atoms with E-state index >= 15 is 0 Å². The molecule has 0 aliphatic rings. The molecule has 0 fully saturated rings. The molecule has 0 heterocycles. The van der Waals surface area contributed by atoms with E-state index in [1.165, 1.54) is 0 Å². The van der Waals surface area contributed by atoms with Gasteiger partial charge in [0, 0.05) is 19.8 Å². The fraction of sp³-hybridized carbons (Fsp3) is 1.00. The lowest BCUT2D eigenvalue weighted by atomic mass is 10.3. The molecule has 0 unspecified atom stereocenters. The first kappa shape index (κ1) is 17.8. The van der Waals surface area contributed by atoms with Crippen molar-refractivity contribution >= 4 is 0 Å². The summed E-state index contributed by atoms with van der Waals surface area (Å²) in [4.78, 5) is 0. The molecule has 0 amide bonds. The first-order valence-corrected chi connectivity index (χ1v) is 6.72. The molecular weight excluding hydrogens is 234 g/mol. The van der Waals surface area contributed by atoms with Crippen molar-refractivity contribution in [2.75, 3.05) is 52.7 Å². The van der Waals surface area contributed by atoms with Crippen LogP contribution in [0.2, 0.25) is 0 Å². The summed E-state index contributed by atoms with van der Waals surface area (Å²) in [6.45, 7) is 4.96. The van der Waals surface area contributed by atoms with Crippen LogP contribution in [0.5, 0.6) is 0 Å². The maximum Gasteiger partial charge on any atom is 0.104 e. The SMILES string of the molecule is NCCCOCC(COCCCN)OCCCN. The number of hydrogen-bond acceptors (Lipinski definition) is 6. The summed E-state index contributed by atoms with van der Waals surface area (Å²) < 4.78 is 16.6. The average Bonchev–Trinajstić information content (AvgIpc) is 2.39. The molecule has 0 spiro atoms. The lowest BCUT2D eigenvalue weighted by Crippen LogP contribution is -2.27. The minimum absolute atomic E-state index is 0.0351. The second-order valence-electron chi connectivity index (χ2n) is 4.07. The Bertz CT molecular complexity index is 150. The van der Waals surface area contributed by atoms with Crippen molar-refractivity contribution in [1.29, 1.82) is 0 Å². The van der Waals surface area contributed by atoms with Crippen molar-refractivity contribution in [3.8, 4) is 0 Å². The van der Waals surface area contributed by atoms with Crippen molar-refractivity contribution in [3.63, 3.8) is 0 Å². The summed E-state index contributed by atoms with van der Waals surface area (Å²) in [6.07, 6.45) is 2.54. The molecule has 110 valence electrons. The third kappa shape index (κ3) is 12.2. The van der Waals surface area contributed by atoms with Crippen LogP contribution in [0.1, 0.15) is 19.3 Å². The Balaban J connectivity index is 3.62. The van der Waals surface area contributed by atoms with Gasteiger partial charge in [0.15, 0.2) is 0 Å². The highest BCUT2D eigenvalue weighted by Crippen LogP contribution is 1.98. The lowest BCUT2D eigenvalue weighted by molar-refractivity contribution is -0.0602. The fourth-order valence-electron chi connectivity index (χ4n) is 1.28. The van der Waals surface area contributed by atoms with Crippen LogP contribution in [0.25, 0.3) is 0 Å². The molecule has 0 radical (unpaired) electrons. The summed E-state index contributed by atoms with van der Waals surface area (Å²) in [7, 11) is 0. The predicted octanol–water partition coefficient (Wildman–Crippen LogP) is -0.549. The molecule has 0 saturated carbocycles. The van der Waals surface area contributed by atoms with Crippen LogP contribution in [0.15, 0.2) is 0 Å². The molecule has 0 aromatic heterocycles. The van der Waals surface area contributed by atoms with Gasteiger partial charge in [0.25, 0.3) is 0 Å². The molecule has 6 N–H and O–H groups in total. The van der Waals surface area contributed by atoms with E-state index in [-0.39, 0.29) is 6.10 Å². The zero-order valence-corrected chi connectivity index (χ0v) is 11.3. The van der Waals surface area contributed by atoms with Crippen molar-refractivity contribution in [2.45, 2.75) is 25.4 Å². The standard InChI is InChI=1S/C12H29N3O3/c13-4-1-7-16-10-12(18-9-3-6-15)11-17-8-2-5-14/h12H,1-11,13-15H2. The summed E-state index contributed by atoms with van der Waals surface area (Å²) in [5.41, 5.74) is 16.2. The molecule has 0 aromatic rings. The van der Waals surface area contributed by atoms with Crippen LogP contribution >= 0.6 is 0 Å². The van der Waals surface area contributed by atoms with Gasteiger partial charge in [-0.15, -0.1) is 0 Å². The van der Waals surface area contributed by atoms with Gasteiger partial charge >= 0.3 is 0 Å². The number of hydrogen-bond donors (Lipinski definition) is 3. The average molecular weight is 263 g/mol. The van der Waals surface area contributed by atoms with Gasteiger partial charge in [-0.1, -0.05) is 0 Å².